The number of nitrogens with zero attached hydrogens (tertiary/aromatic N) is 3. The van der Waals surface area contributed by atoms with Crippen LogP contribution in [0.3, 0.4) is 0 Å². The Balaban J connectivity index is 0.00000272. The number of hydrogen-bond donors (Lipinski definition) is 0. The summed E-state index contributed by atoms with van der Waals surface area (Å²) < 4.78 is 7.24. The van der Waals surface area contributed by atoms with Gasteiger partial charge >= 0.3 is 0 Å². The summed E-state index contributed by atoms with van der Waals surface area (Å²) in [5.74, 6) is 0. The zero-order valence-electron chi connectivity index (χ0n) is 18.1. The minimum absolute atomic E-state index is 0. The number of rotatable bonds is 5. The van der Waals surface area contributed by atoms with Gasteiger partial charge in [-0.1, -0.05) is 35.2 Å². The first-order chi connectivity index (χ1) is 14.6. The summed E-state index contributed by atoms with van der Waals surface area (Å²) in [4.78, 5) is 15.3. The Morgan fingerprint density at radius 2 is 1.84 bits per heavy atom. The van der Waals surface area contributed by atoms with Crippen molar-refractivity contribution in [3.63, 3.8) is 0 Å². The van der Waals surface area contributed by atoms with Crippen LogP contribution in [0.2, 0.25) is 0 Å². The van der Waals surface area contributed by atoms with Crippen molar-refractivity contribution < 1.29 is 17.0 Å². The fourth-order valence-electron chi connectivity index (χ4n) is 3.68. The summed E-state index contributed by atoms with van der Waals surface area (Å²) in [5, 5.41) is 4.51. The van der Waals surface area contributed by atoms with Crippen LogP contribution in [-0.2, 0) is 13.1 Å². The molecule has 0 atom stereocenters. The van der Waals surface area contributed by atoms with E-state index in [1.165, 1.54) is 26.0 Å². The Hall–Kier alpha value is -1.80. The maximum Gasteiger partial charge on any atom is 0.269 e. The number of hydrogen-bond acceptors (Lipinski definition) is 5. The van der Waals surface area contributed by atoms with Gasteiger partial charge in [0.25, 0.3) is 10.6 Å². The zero-order valence-corrected chi connectivity index (χ0v) is 21.3. The molecule has 0 unspecified atom stereocenters. The van der Waals surface area contributed by atoms with Crippen LogP contribution in [0.1, 0.15) is 32.7 Å². The Bertz CT molecular complexity index is 1330. The van der Waals surface area contributed by atoms with Crippen LogP contribution >= 0.6 is 34.4 Å². The van der Waals surface area contributed by atoms with Crippen LogP contribution in [-0.4, -0.2) is 16.0 Å². The zero-order chi connectivity index (χ0) is 21.3. The lowest BCUT2D eigenvalue weighted by atomic mass is 10.3. The minimum Gasteiger partial charge on any atom is -1.00 e. The van der Waals surface area contributed by atoms with Gasteiger partial charge in [0, 0.05) is 24.9 Å². The minimum atomic E-state index is 0. The highest BCUT2D eigenvalue weighted by atomic mass is 35.5. The molecule has 3 aromatic rings. The topological polar surface area (TPSA) is 29.1 Å². The Morgan fingerprint density at radius 1 is 1.06 bits per heavy atom. The SMILES string of the molecule is CCN1C(C)=CS/C1=C\C=c1\s/c(=C/c2sc3ccccc3[n+]2CC)n(CC)c1=O.[Cl-]. The molecule has 0 N–H and O–H groups in total. The van der Waals surface area contributed by atoms with Crippen molar-refractivity contribution in [2.75, 3.05) is 6.54 Å². The maximum atomic E-state index is 13.0. The van der Waals surface area contributed by atoms with Gasteiger partial charge in [-0.3, -0.25) is 9.36 Å². The van der Waals surface area contributed by atoms with Crippen molar-refractivity contribution >= 4 is 56.8 Å². The number of thioether (sulfide) groups is 1. The molecule has 0 amide bonds. The standard InChI is InChI=1S/C23H26N3OS3.ClH/c1-5-24-16(4)15-28-20(24)13-12-19-23(27)26(7-3)22(30-19)14-21-25(6-2)17-10-8-9-11-18(17)29-21;/h8-15H,5-7H2,1-4H3;1H/q+1;/p-1/b19-12+,20-13-;. The molecule has 1 aromatic carbocycles. The maximum absolute atomic E-state index is 13.0. The highest BCUT2D eigenvalue weighted by Gasteiger charge is 2.18. The molecule has 8 heteroatoms. The Kier molecular flexibility index (Phi) is 7.86. The van der Waals surface area contributed by atoms with Crippen LogP contribution in [0.25, 0.3) is 22.4 Å². The van der Waals surface area contributed by atoms with Gasteiger partial charge in [-0.05, 0) is 51.3 Å². The number of para-hydroxylation sites is 1. The molecule has 0 radical (unpaired) electrons. The van der Waals surface area contributed by atoms with E-state index in [9.17, 15) is 4.79 Å². The van der Waals surface area contributed by atoms with Gasteiger partial charge in [-0.2, -0.15) is 4.57 Å². The predicted molar refractivity (Wildman–Crippen MR) is 131 cm³/mol. The molecule has 1 aliphatic heterocycles. The van der Waals surface area contributed by atoms with Crippen LogP contribution in [0, 0.1) is 0 Å². The summed E-state index contributed by atoms with van der Waals surface area (Å²) in [6.45, 7) is 11.0. The lowest BCUT2D eigenvalue weighted by molar-refractivity contribution is -0.665. The second kappa shape index (κ2) is 10.2. The van der Waals surface area contributed by atoms with Gasteiger partial charge in [0.05, 0.1) is 15.6 Å². The van der Waals surface area contributed by atoms with Crippen molar-refractivity contribution in [2.24, 2.45) is 0 Å². The van der Waals surface area contributed by atoms with Crippen molar-refractivity contribution in [1.29, 1.82) is 0 Å². The van der Waals surface area contributed by atoms with E-state index in [1.54, 1.807) is 34.4 Å². The number of fused-ring (bicyclic) bond motifs is 1. The summed E-state index contributed by atoms with van der Waals surface area (Å²) in [5.41, 5.74) is 2.59. The largest absolute Gasteiger partial charge is 1.00 e. The van der Waals surface area contributed by atoms with Crippen molar-refractivity contribution in [3.8, 4) is 0 Å². The molecule has 2 aromatic heterocycles. The Morgan fingerprint density at radius 3 is 2.55 bits per heavy atom. The van der Waals surface area contributed by atoms with Gasteiger partial charge in [0.15, 0.2) is 0 Å². The Labute approximate surface area is 200 Å². The summed E-state index contributed by atoms with van der Waals surface area (Å²) >= 11 is 5.06. The van der Waals surface area contributed by atoms with Crippen molar-refractivity contribution in [3.05, 3.63) is 71.0 Å². The van der Waals surface area contributed by atoms with Gasteiger partial charge in [0.1, 0.15) is 15.9 Å². The van der Waals surface area contributed by atoms with Crippen LogP contribution in [0.5, 0.6) is 0 Å². The van der Waals surface area contributed by atoms with Gasteiger partial charge < -0.3 is 17.3 Å². The third-order valence-electron chi connectivity index (χ3n) is 5.19. The first kappa shape index (κ1) is 23.9. The molecule has 31 heavy (non-hydrogen) atoms. The number of allylic oxidation sites excluding steroid dienone is 2. The molecule has 164 valence electrons. The molecule has 4 nitrogen and oxygen atoms in total. The number of thiazole rings is 2. The molecule has 0 saturated heterocycles. The second-order valence-corrected chi connectivity index (χ2v) is 9.96. The first-order valence-electron chi connectivity index (χ1n) is 10.2. The van der Waals surface area contributed by atoms with Crippen LogP contribution < -0.4 is 31.7 Å². The van der Waals surface area contributed by atoms with Gasteiger partial charge in [-0.25, -0.2) is 0 Å². The number of aryl methyl sites for hydroxylation is 1. The molecule has 3 heterocycles. The van der Waals surface area contributed by atoms with Crippen LogP contribution in [0.15, 0.2) is 51.3 Å². The lowest BCUT2D eigenvalue weighted by Gasteiger charge is -2.18. The highest BCUT2D eigenvalue weighted by Crippen LogP contribution is 2.33. The van der Waals surface area contributed by atoms with E-state index in [0.717, 1.165) is 22.3 Å². The fraction of sp³-hybridized carbons (Fsp3) is 0.304. The normalized spacial score (nSPS) is 16.5. The molecule has 0 saturated carbocycles. The predicted octanol–water partition coefficient (Wildman–Crippen LogP) is 0.837. The van der Waals surface area contributed by atoms with Crippen molar-refractivity contribution in [2.45, 2.75) is 40.8 Å². The third-order valence-corrected chi connectivity index (χ3v) is 8.44. The average Bonchev–Trinajstić information content (AvgIpc) is 3.38. The van der Waals surface area contributed by atoms with Gasteiger partial charge in [-0.15, -0.1) is 11.3 Å². The number of halogens is 1. The van der Waals surface area contributed by atoms with E-state index in [-0.39, 0.29) is 18.0 Å². The summed E-state index contributed by atoms with van der Waals surface area (Å²) in [7, 11) is 0. The third kappa shape index (κ3) is 4.55. The molecule has 0 bridgehead atoms. The molecule has 1 aliphatic rings. The summed E-state index contributed by atoms with van der Waals surface area (Å²) in [6.07, 6.45) is 6.22. The second-order valence-electron chi connectivity index (χ2n) is 6.94. The monoisotopic (exact) mass is 491 g/mol. The number of aromatic nitrogens is 2. The molecule has 4 rings (SSSR count). The molecule has 0 spiro atoms. The van der Waals surface area contributed by atoms with Crippen LogP contribution in [0.4, 0.5) is 0 Å². The smallest absolute Gasteiger partial charge is 0.269 e. The summed E-state index contributed by atoms with van der Waals surface area (Å²) in [6, 6.07) is 8.47. The van der Waals surface area contributed by atoms with E-state index in [4.69, 9.17) is 0 Å². The van der Waals surface area contributed by atoms with E-state index < -0.39 is 0 Å². The molecule has 0 fully saturated rings. The molecule has 0 aliphatic carbocycles. The van der Waals surface area contributed by atoms with Crippen molar-refractivity contribution in [1.82, 2.24) is 9.47 Å². The fourth-order valence-corrected chi connectivity index (χ4v) is 6.93. The van der Waals surface area contributed by atoms with E-state index in [0.29, 0.717) is 6.54 Å². The van der Waals surface area contributed by atoms with E-state index >= 15 is 0 Å². The molecular formula is C23H26ClN3OS3. The van der Waals surface area contributed by atoms with Gasteiger partial charge in [0.2, 0.25) is 5.52 Å². The van der Waals surface area contributed by atoms with E-state index in [1.807, 2.05) is 17.6 Å². The first-order valence-corrected chi connectivity index (χ1v) is 12.7. The number of benzene rings is 1. The quantitative estimate of drug-likeness (QED) is 0.495. The highest BCUT2D eigenvalue weighted by molar-refractivity contribution is 8.06. The average molecular weight is 492 g/mol. The molecular weight excluding hydrogens is 466 g/mol. The van der Waals surface area contributed by atoms with E-state index in [2.05, 4.69) is 72.1 Å². The lowest BCUT2D eigenvalue weighted by Crippen LogP contribution is -3.00.